The predicted octanol–water partition coefficient (Wildman–Crippen LogP) is 2.69. The molecule has 1 N–H and O–H groups in total. The van der Waals surface area contributed by atoms with Gasteiger partial charge in [0.2, 0.25) is 0 Å². The van der Waals surface area contributed by atoms with Gasteiger partial charge in [-0.2, -0.15) is 0 Å². The normalized spacial score (nSPS) is 7.55. The molecule has 0 bridgehead atoms. The topological polar surface area (TPSA) is 20.2 Å². The van der Waals surface area contributed by atoms with Crippen molar-refractivity contribution in [2.24, 2.45) is 0 Å². The fourth-order valence-corrected chi connectivity index (χ4v) is 0.191. The van der Waals surface area contributed by atoms with E-state index in [2.05, 4.69) is 19.7 Å². The second-order valence-electron chi connectivity index (χ2n) is 2.48. The minimum Gasteiger partial charge on any atom is -0.396 e. The maximum Gasteiger partial charge on any atom is 0.0467 e. The Labute approximate surface area is 69.8 Å². The SMILES string of the molecule is C=C(C)CCO.C=CC(=C)C. The van der Waals surface area contributed by atoms with Crippen molar-refractivity contribution in [1.29, 1.82) is 0 Å². The molecule has 0 atom stereocenters. The Balaban J connectivity index is 0. The zero-order chi connectivity index (χ0) is 9.28. The van der Waals surface area contributed by atoms with E-state index in [1.165, 1.54) is 0 Å². The average Bonchev–Trinajstić information content (AvgIpc) is 1.89. The fraction of sp³-hybridized carbons (Fsp3) is 0.400. The first-order valence-electron chi connectivity index (χ1n) is 3.57. The van der Waals surface area contributed by atoms with Gasteiger partial charge in [-0.25, -0.2) is 0 Å². The molecule has 0 spiro atoms. The summed E-state index contributed by atoms with van der Waals surface area (Å²) >= 11 is 0. The van der Waals surface area contributed by atoms with Crippen molar-refractivity contribution >= 4 is 0 Å². The molecule has 11 heavy (non-hydrogen) atoms. The van der Waals surface area contributed by atoms with Gasteiger partial charge in [0.15, 0.2) is 0 Å². The lowest BCUT2D eigenvalue weighted by atomic mass is 10.3. The Morgan fingerprint density at radius 3 is 1.73 bits per heavy atom. The largest absolute Gasteiger partial charge is 0.396 e. The molecule has 0 aliphatic carbocycles. The quantitative estimate of drug-likeness (QED) is 0.489. The Morgan fingerprint density at radius 1 is 1.36 bits per heavy atom. The van der Waals surface area contributed by atoms with Crippen LogP contribution in [0.1, 0.15) is 20.3 Å². The van der Waals surface area contributed by atoms with Crippen LogP contribution in [0.5, 0.6) is 0 Å². The molecule has 0 aromatic carbocycles. The second-order valence-corrected chi connectivity index (χ2v) is 2.48. The Bertz CT molecular complexity index is 134. The van der Waals surface area contributed by atoms with Crippen molar-refractivity contribution in [3.05, 3.63) is 37.0 Å². The Hall–Kier alpha value is -0.820. The van der Waals surface area contributed by atoms with Gasteiger partial charge in [0, 0.05) is 6.61 Å². The third kappa shape index (κ3) is 27.1. The molecule has 1 heteroatoms. The molecule has 64 valence electrons. The summed E-state index contributed by atoms with van der Waals surface area (Å²) in [5.74, 6) is 0. The highest BCUT2D eigenvalue weighted by atomic mass is 16.2. The first-order valence-corrected chi connectivity index (χ1v) is 3.57. The molecule has 0 rings (SSSR count). The molecule has 0 heterocycles. The lowest BCUT2D eigenvalue weighted by Gasteiger charge is -1.87. The third-order valence-corrected chi connectivity index (χ3v) is 0.887. The maximum atomic E-state index is 8.18. The van der Waals surface area contributed by atoms with Crippen molar-refractivity contribution in [1.82, 2.24) is 0 Å². The van der Waals surface area contributed by atoms with E-state index in [0.29, 0.717) is 0 Å². The van der Waals surface area contributed by atoms with E-state index < -0.39 is 0 Å². The fourth-order valence-electron chi connectivity index (χ4n) is 0.191. The third-order valence-electron chi connectivity index (χ3n) is 0.887. The van der Waals surface area contributed by atoms with E-state index >= 15 is 0 Å². The molecule has 0 saturated heterocycles. The molecular formula is C10H18O. The summed E-state index contributed by atoms with van der Waals surface area (Å²) in [4.78, 5) is 0. The molecule has 0 unspecified atom stereocenters. The number of aliphatic hydroxyl groups is 1. The van der Waals surface area contributed by atoms with Crippen molar-refractivity contribution < 1.29 is 5.11 Å². The van der Waals surface area contributed by atoms with Crippen LogP contribution in [-0.4, -0.2) is 11.7 Å². The van der Waals surface area contributed by atoms with Gasteiger partial charge < -0.3 is 5.11 Å². The van der Waals surface area contributed by atoms with Crippen LogP contribution < -0.4 is 0 Å². The van der Waals surface area contributed by atoms with Gasteiger partial charge in [0.25, 0.3) is 0 Å². The molecule has 0 aromatic rings. The Kier molecular flexibility index (Phi) is 10.7. The summed E-state index contributed by atoms with van der Waals surface area (Å²) in [6.07, 6.45) is 2.46. The van der Waals surface area contributed by atoms with E-state index in [4.69, 9.17) is 5.11 Å². The van der Waals surface area contributed by atoms with Crippen molar-refractivity contribution in [2.75, 3.05) is 6.61 Å². The summed E-state index contributed by atoms with van der Waals surface area (Å²) in [6.45, 7) is 14.6. The molecule has 0 amide bonds. The van der Waals surface area contributed by atoms with E-state index in [9.17, 15) is 0 Å². The van der Waals surface area contributed by atoms with Gasteiger partial charge in [-0.15, -0.1) is 6.58 Å². The number of aliphatic hydroxyl groups excluding tert-OH is 1. The van der Waals surface area contributed by atoms with Crippen LogP contribution in [0, 0.1) is 0 Å². The maximum absolute atomic E-state index is 8.18. The summed E-state index contributed by atoms with van der Waals surface area (Å²) in [5.41, 5.74) is 2.06. The van der Waals surface area contributed by atoms with Crippen LogP contribution in [0.3, 0.4) is 0 Å². The lowest BCUT2D eigenvalue weighted by Crippen LogP contribution is -1.79. The number of hydrogen-bond donors (Lipinski definition) is 1. The van der Waals surface area contributed by atoms with Crippen LogP contribution in [0.2, 0.25) is 0 Å². The zero-order valence-corrected chi connectivity index (χ0v) is 7.56. The van der Waals surface area contributed by atoms with Crippen molar-refractivity contribution in [2.45, 2.75) is 20.3 Å². The van der Waals surface area contributed by atoms with Gasteiger partial charge in [-0.05, 0) is 20.3 Å². The minimum atomic E-state index is 0.231. The number of hydrogen-bond acceptors (Lipinski definition) is 1. The van der Waals surface area contributed by atoms with Gasteiger partial charge >= 0.3 is 0 Å². The minimum absolute atomic E-state index is 0.231. The van der Waals surface area contributed by atoms with E-state index in [1.54, 1.807) is 6.08 Å². The van der Waals surface area contributed by atoms with Crippen LogP contribution >= 0.6 is 0 Å². The van der Waals surface area contributed by atoms with Gasteiger partial charge in [0.05, 0.1) is 0 Å². The summed E-state index contributed by atoms with van der Waals surface area (Å²) in [5, 5.41) is 8.18. The summed E-state index contributed by atoms with van der Waals surface area (Å²) < 4.78 is 0. The number of allylic oxidation sites excluding steroid dienone is 2. The van der Waals surface area contributed by atoms with E-state index in [1.807, 2.05) is 13.8 Å². The highest BCUT2D eigenvalue weighted by Gasteiger charge is 1.77. The monoisotopic (exact) mass is 154 g/mol. The highest BCUT2D eigenvalue weighted by molar-refractivity contribution is 5.05. The summed E-state index contributed by atoms with van der Waals surface area (Å²) in [6, 6.07) is 0. The van der Waals surface area contributed by atoms with Crippen LogP contribution in [0.4, 0.5) is 0 Å². The Morgan fingerprint density at radius 2 is 1.73 bits per heavy atom. The van der Waals surface area contributed by atoms with Gasteiger partial charge in [0.1, 0.15) is 0 Å². The summed E-state index contributed by atoms with van der Waals surface area (Å²) in [7, 11) is 0. The molecular weight excluding hydrogens is 136 g/mol. The van der Waals surface area contributed by atoms with Crippen molar-refractivity contribution in [3.8, 4) is 0 Å². The van der Waals surface area contributed by atoms with Gasteiger partial charge in [-0.1, -0.05) is 30.4 Å². The zero-order valence-electron chi connectivity index (χ0n) is 7.56. The molecule has 0 aromatic heterocycles. The molecule has 1 nitrogen and oxygen atoms in total. The second kappa shape index (κ2) is 9.18. The highest BCUT2D eigenvalue weighted by Crippen LogP contribution is 1.90. The standard InChI is InChI=1S/C5H10O.C5H8/c1-5(2)3-4-6;1-4-5(2)3/h6H,1,3-4H2,2H3;4H,1-2H2,3H3. The van der Waals surface area contributed by atoms with E-state index in [-0.39, 0.29) is 6.61 Å². The first-order chi connectivity index (χ1) is 5.04. The van der Waals surface area contributed by atoms with Crippen LogP contribution in [0.15, 0.2) is 37.0 Å². The molecule has 0 fully saturated rings. The molecule has 0 aliphatic heterocycles. The number of rotatable bonds is 3. The molecule has 0 saturated carbocycles. The van der Waals surface area contributed by atoms with Crippen molar-refractivity contribution in [3.63, 3.8) is 0 Å². The van der Waals surface area contributed by atoms with Gasteiger partial charge in [-0.3, -0.25) is 0 Å². The smallest absolute Gasteiger partial charge is 0.0467 e. The van der Waals surface area contributed by atoms with Crippen LogP contribution in [0.25, 0.3) is 0 Å². The lowest BCUT2D eigenvalue weighted by molar-refractivity contribution is 0.299. The van der Waals surface area contributed by atoms with E-state index in [0.717, 1.165) is 17.6 Å². The predicted molar refractivity (Wildman–Crippen MR) is 51.5 cm³/mol. The molecule has 0 aliphatic rings. The average molecular weight is 154 g/mol. The van der Waals surface area contributed by atoms with Crippen LogP contribution in [-0.2, 0) is 0 Å². The first kappa shape index (κ1) is 12.8. The molecule has 0 radical (unpaired) electrons.